The third kappa shape index (κ3) is 4.65. The van der Waals surface area contributed by atoms with Crippen molar-refractivity contribution in [3.8, 4) is 0 Å². The Balaban J connectivity index is 1.79. The Bertz CT molecular complexity index is 302. The van der Waals surface area contributed by atoms with Gasteiger partial charge in [0.05, 0.1) is 6.61 Å². The minimum Gasteiger partial charge on any atom is -0.394 e. The molecule has 1 aliphatic carbocycles. The quantitative estimate of drug-likeness (QED) is 0.748. The van der Waals surface area contributed by atoms with Crippen molar-refractivity contribution in [3.05, 3.63) is 0 Å². The lowest BCUT2D eigenvalue weighted by Gasteiger charge is -2.39. The van der Waals surface area contributed by atoms with Gasteiger partial charge in [-0.05, 0) is 38.1 Å². The molecule has 2 N–H and O–H groups in total. The van der Waals surface area contributed by atoms with Gasteiger partial charge in [-0.25, -0.2) is 0 Å². The summed E-state index contributed by atoms with van der Waals surface area (Å²) < 4.78 is 0. The maximum Gasteiger partial charge on any atom is 0.0613 e. The fourth-order valence-electron chi connectivity index (χ4n) is 3.99. The van der Waals surface area contributed by atoms with Gasteiger partial charge in [0, 0.05) is 44.3 Å². The molecular formula is C17H35N3O. The normalized spacial score (nSPS) is 32.1. The van der Waals surface area contributed by atoms with Crippen LogP contribution in [-0.2, 0) is 0 Å². The first-order chi connectivity index (χ1) is 10.1. The molecule has 1 saturated heterocycles. The van der Waals surface area contributed by atoms with Crippen LogP contribution in [0.5, 0.6) is 0 Å². The van der Waals surface area contributed by atoms with E-state index in [-0.39, 0.29) is 12.1 Å². The van der Waals surface area contributed by atoms with Crippen LogP contribution in [0, 0.1) is 5.92 Å². The van der Waals surface area contributed by atoms with Gasteiger partial charge in [-0.2, -0.15) is 0 Å². The molecule has 0 spiro atoms. The van der Waals surface area contributed by atoms with Crippen LogP contribution in [0.3, 0.4) is 0 Å². The van der Waals surface area contributed by atoms with Crippen LogP contribution in [0.25, 0.3) is 0 Å². The van der Waals surface area contributed by atoms with E-state index in [1.807, 2.05) is 0 Å². The zero-order chi connectivity index (χ0) is 15.3. The molecule has 4 nitrogen and oxygen atoms in total. The summed E-state index contributed by atoms with van der Waals surface area (Å²) in [6.45, 7) is 14.2. The summed E-state index contributed by atoms with van der Waals surface area (Å²) in [4.78, 5) is 5.27. The average Bonchev–Trinajstić information content (AvgIpc) is 2.90. The lowest BCUT2D eigenvalue weighted by molar-refractivity contribution is 0.0824. The molecule has 21 heavy (non-hydrogen) atoms. The summed E-state index contributed by atoms with van der Waals surface area (Å²) >= 11 is 0. The molecule has 0 aromatic carbocycles. The molecule has 1 aliphatic heterocycles. The summed E-state index contributed by atoms with van der Waals surface area (Å²) in [5.74, 6) is 0.767. The first kappa shape index (κ1) is 17.2. The zero-order valence-electron chi connectivity index (χ0n) is 14.3. The maximum atomic E-state index is 9.81. The Morgan fingerprint density at radius 2 is 1.95 bits per heavy atom. The van der Waals surface area contributed by atoms with E-state index in [1.165, 1.54) is 39.1 Å². The van der Waals surface area contributed by atoms with Gasteiger partial charge in [-0.1, -0.05) is 20.8 Å². The molecule has 4 heteroatoms. The number of nitrogens with zero attached hydrogens (tertiary/aromatic N) is 2. The molecule has 124 valence electrons. The number of piperazine rings is 1. The van der Waals surface area contributed by atoms with E-state index >= 15 is 0 Å². The average molecular weight is 297 g/mol. The monoisotopic (exact) mass is 297 g/mol. The fraction of sp³-hybridized carbons (Fsp3) is 1.00. The molecule has 2 atom stereocenters. The Kier molecular flexibility index (Phi) is 6.48. The van der Waals surface area contributed by atoms with Crippen molar-refractivity contribution in [2.75, 3.05) is 45.9 Å². The predicted octanol–water partition coefficient (Wildman–Crippen LogP) is 1.54. The van der Waals surface area contributed by atoms with Gasteiger partial charge >= 0.3 is 0 Å². The zero-order valence-corrected chi connectivity index (χ0v) is 14.3. The Labute approximate surface area is 130 Å². The molecule has 0 aromatic heterocycles. The molecule has 2 unspecified atom stereocenters. The third-order valence-corrected chi connectivity index (χ3v) is 5.18. The molecule has 2 aliphatic rings. The van der Waals surface area contributed by atoms with Gasteiger partial charge in [0.1, 0.15) is 0 Å². The van der Waals surface area contributed by atoms with Crippen LogP contribution in [0.15, 0.2) is 0 Å². The fourth-order valence-corrected chi connectivity index (χ4v) is 3.99. The highest BCUT2D eigenvalue weighted by Gasteiger charge is 2.40. The smallest absolute Gasteiger partial charge is 0.0613 e. The number of aliphatic hydroxyl groups is 1. The summed E-state index contributed by atoms with van der Waals surface area (Å²) in [5.41, 5.74) is -0.00422. The second kappa shape index (κ2) is 7.91. The number of aliphatic hydroxyl groups excluding tert-OH is 1. The molecular weight excluding hydrogens is 262 g/mol. The molecule has 2 rings (SSSR count). The van der Waals surface area contributed by atoms with Crippen molar-refractivity contribution in [3.63, 3.8) is 0 Å². The standard InChI is InChI=1S/C17H35N3O/c1-4-7-18-17(14-21)6-5-16(12-17)20-10-8-19(9-11-20)13-15(2)3/h15-16,18,21H,4-14H2,1-3H3. The number of hydrogen-bond donors (Lipinski definition) is 2. The second-order valence-corrected chi connectivity index (χ2v) is 7.49. The highest BCUT2D eigenvalue weighted by atomic mass is 16.3. The van der Waals surface area contributed by atoms with Gasteiger partial charge in [-0.15, -0.1) is 0 Å². The molecule has 1 heterocycles. The van der Waals surface area contributed by atoms with Crippen molar-refractivity contribution in [1.82, 2.24) is 15.1 Å². The third-order valence-electron chi connectivity index (χ3n) is 5.18. The summed E-state index contributed by atoms with van der Waals surface area (Å²) in [6, 6.07) is 0.669. The predicted molar refractivity (Wildman–Crippen MR) is 88.6 cm³/mol. The van der Waals surface area contributed by atoms with E-state index < -0.39 is 0 Å². The Morgan fingerprint density at radius 1 is 1.24 bits per heavy atom. The highest BCUT2D eigenvalue weighted by molar-refractivity contribution is 5.00. The van der Waals surface area contributed by atoms with E-state index in [4.69, 9.17) is 0 Å². The molecule has 0 amide bonds. The van der Waals surface area contributed by atoms with Crippen LogP contribution in [0.4, 0.5) is 0 Å². The molecule has 0 radical (unpaired) electrons. The van der Waals surface area contributed by atoms with Crippen molar-refractivity contribution in [2.45, 2.75) is 58.0 Å². The number of hydrogen-bond acceptors (Lipinski definition) is 4. The van der Waals surface area contributed by atoms with Gasteiger partial charge in [-0.3, -0.25) is 4.90 Å². The first-order valence-electron chi connectivity index (χ1n) is 8.91. The lowest BCUT2D eigenvalue weighted by atomic mass is 9.98. The van der Waals surface area contributed by atoms with Crippen molar-refractivity contribution >= 4 is 0 Å². The summed E-state index contributed by atoms with van der Waals surface area (Å²) in [5, 5.41) is 13.4. The van der Waals surface area contributed by atoms with Crippen LogP contribution in [-0.4, -0.2) is 72.4 Å². The van der Waals surface area contributed by atoms with Crippen LogP contribution < -0.4 is 5.32 Å². The lowest BCUT2D eigenvalue weighted by Crippen LogP contribution is -2.52. The minimum atomic E-state index is -0.00422. The van der Waals surface area contributed by atoms with Crippen LogP contribution in [0.1, 0.15) is 46.5 Å². The summed E-state index contributed by atoms with van der Waals surface area (Å²) in [7, 11) is 0. The number of nitrogens with one attached hydrogen (secondary N) is 1. The highest BCUT2D eigenvalue weighted by Crippen LogP contribution is 2.33. The molecule has 0 bridgehead atoms. The minimum absolute atomic E-state index is 0.00422. The molecule has 2 fully saturated rings. The van der Waals surface area contributed by atoms with Gasteiger partial charge in [0.2, 0.25) is 0 Å². The molecule has 1 saturated carbocycles. The van der Waals surface area contributed by atoms with Gasteiger partial charge in [0.15, 0.2) is 0 Å². The first-order valence-corrected chi connectivity index (χ1v) is 8.91. The van der Waals surface area contributed by atoms with Gasteiger partial charge < -0.3 is 15.3 Å². The van der Waals surface area contributed by atoms with Gasteiger partial charge in [0.25, 0.3) is 0 Å². The van der Waals surface area contributed by atoms with E-state index in [2.05, 4.69) is 35.9 Å². The summed E-state index contributed by atoms with van der Waals surface area (Å²) in [6.07, 6.45) is 4.62. The van der Waals surface area contributed by atoms with Crippen molar-refractivity contribution in [1.29, 1.82) is 0 Å². The SMILES string of the molecule is CCCNC1(CO)CCC(N2CCN(CC(C)C)CC2)C1. The maximum absolute atomic E-state index is 9.81. The van der Waals surface area contributed by atoms with Crippen molar-refractivity contribution in [2.24, 2.45) is 5.92 Å². The number of rotatable bonds is 7. The second-order valence-electron chi connectivity index (χ2n) is 7.49. The molecule has 0 aromatic rings. The van der Waals surface area contributed by atoms with E-state index in [0.717, 1.165) is 31.7 Å². The van der Waals surface area contributed by atoms with E-state index in [0.29, 0.717) is 6.04 Å². The Hall–Kier alpha value is -0.160. The van der Waals surface area contributed by atoms with E-state index in [1.54, 1.807) is 0 Å². The van der Waals surface area contributed by atoms with Crippen LogP contribution in [0.2, 0.25) is 0 Å². The van der Waals surface area contributed by atoms with Crippen molar-refractivity contribution < 1.29 is 5.11 Å². The largest absolute Gasteiger partial charge is 0.394 e. The Morgan fingerprint density at radius 3 is 2.52 bits per heavy atom. The van der Waals surface area contributed by atoms with Crippen LogP contribution >= 0.6 is 0 Å². The van der Waals surface area contributed by atoms with E-state index in [9.17, 15) is 5.11 Å². The topological polar surface area (TPSA) is 38.7 Å².